The first-order chi connectivity index (χ1) is 7.73. The Morgan fingerprint density at radius 3 is 2.24 bits per heavy atom. The van der Waals surface area contributed by atoms with Crippen LogP contribution < -0.4 is 5.73 Å². The summed E-state index contributed by atoms with van der Waals surface area (Å²) in [5, 5.41) is 0.493. The van der Waals surface area contributed by atoms with Gasteiger partial charge in [0.25, 0.3) is 0 Å². The van der Waals surface area contributed by atoms with Crippen molar-refractivity contribution >= 4 is 28.0 Å². The second-order valence-electron chi connectivity index (χ2n) is 4.14. The molecule has 1 aromatic rings. The van der Waals surface area contributed by atoms with Crippen molar-refractivity contribution in [1.29, 1.82) is 0 Å². The molecule has 0 fully saturated rings. The highest BCUT2D eigenvalue weighted by Crippen LogP contribution is 2.59. The van der Waals surface area contributed by atoms with Gasteiger partial charge in [-0.2, -0.15) is 10.6 Å². The van der Waals surface area contributed by atoms with Crippen LogP contribution in [-0.2, 0) is 4.79 Å². The first-order valence-corrected chi connectivity index (χ1v) is 6.92. The molecule has 0 atom stereocenters. The van der Waals surface area contributed by atoms with Crippen LogP contribution in [0.4, 0.5) is 0 Å². The van der Waals surface area contributed by atoms with E-state index >= 15 is 0 Å². The Morgan fingerprint density at radius 1 is 1.35 bits per heavy atom. The predicted molar refractivity (Wildman–Crippen MR) is 70.7 cm³/mol. The van der Waals surface area contributed by atoms with E-state index < -0.39 is 21.1 Å². The van der Waals surface area contributed by atoms with Gasteiger partial charge in [0.05, 0.1) is 11.4 Å². The third-order valence-corrected chi connectivity index (χ3v) is 5.54. The highest BCUT2D eigenvalue weighted by molar-refractivity contribution is 8.26. The number of ketones is 1. The molecule has 17 heavy (non-hydrogen) atoms. The van der Waals surface area contributed by atoms with E-state index in [-0.39, 0.29) is 11.4 Å². The van der Waals surface area contributed by atoms with Crippen LogP contribution in [0.15, 0.2) is 29.2 Å². The number of rotatable bonds is 4. The lowest BCUT2D eigenvalue weighted by Crippen LogP contribution is -2.41. The molecule has 0 bridgehead atoms. The van der Waals surface area contributed by atoms with Crippen molar-refractivity contribution in [3.05, 3.63) is 29.3 Å². The number of carbonyl (C=O) groups is 1. The zero-order chi connectivity index (χ0) is 13.3. The Balaban J connectivity index is 3.18. The molecule has 0 unspecified atom stereocenters. The monoisotopic (exact) mass is 277 g/mol. The summed E-state index contributed by atoms with van der Waals surface area (Å²) >= 11 is 5.72. The summed E-state index contributed by atoms with van der Waals surface area (Å²) in [5.74, 6) is -0.396. The molecule has 0 radical (unpaired) electrons. The largest absolute Gasteiger partial charge is 0.324 e. The Bertz CT molecular complexity index is 417. The van der Waals surface area contributed by atoms with E-state index in [1.54, 1.807) is 12.1 Å². The maximum absolute atomic E-state index is 11.7. The maximum Gasteiger partial charge on any atom is 0.171 e. The number of benzene rings is 1. The lowest BCUT2D eigenvalue weighted by atomic mass is 10.1. The second-order valence-corrected chi connectivity index (χ2v) is 7.17. The molecular weight excluding hydrogens is 262 g/mol. The molecule has 0 aliphatic heterocycles. The van der Waals surface area contributed by atoms with Gasteiger partial charge in [-0.3, -0.25) is 13.9 Å². The average molecular weight is 278 g/mol. The van der Waals surface area contributed by atoms with Gasteiger partial charge in [-0.05, 0) is 38.1 Å². The van der Waals surface area contributed by atoms with Gasteiger partial charge >= 0.3 is 0 Å². The Morgan fingerprint density at radius 2 is 1.82 bits per heavy atom. The molecule has 4 nitrogen and oxygen atoms in total. The molecule has 0 aliphatic carbocycles. The first-order valence-electron chi connectivity index (χ1n) is 5.00. The highest BCUT2D eigenvalue weighted by atomic mass is 35.5. The topological polar surface area (TPSA) is 83.6 Å². The van der Waals surface area contributed by atoms with Crippen molar-refractivity contribution in [2.45, 2.75) is 23.5 Å². The summed E-state index contributed by atoms with van der Waals surface area (Å²) in [6.45, 7) is 2.73. The van der Waals surface area contributed by atoms with Crippen LogP contribution in [0, 0.1) is 0 Å². The molecule has 4 N–H and O–H groups in total. The quantitative estimate of drug-likeness (QED) is 0.790. The summed E-state index contributed by atoms with van der Waals surface area (Å²) in [5.41, 5.74) is 5.28. The van der Waals surface area contributed by atoms with E-state index in [2.05, 4.69) is 0 Å². The van der Waals surface area contributed by atoms with Gasteiger partial charge in [-0.15, -0.1) is 0 Å². The van der Waals surface area contributed by atoms with Gasteiger partial charge in [0.2, 0.25) is 0 Å². The molecule has 0 aliphatic rings. The minimum Gasteiger partial charge on any atom is -0.324 e. The van der Waals surface area contributed by atoms with E-state index in [1.165, 1.54) is 26.0 Å². The number of halogens is 1. The predicted octanol–water partition coefficient (Wildman–Crippen LogP) is 2.76. The van der Waals surface area contributed by atoms with E-state index in [0.29, 0.717) is 5.02 Å². The molecule has 0 amide bonds. The molecular formula is C11H16ClNO3S. The fraction of sp³-hybridized carbons (Fsp3) is 0.364. The SMILES string of the molecule is CC(C)(C(=O)CN)S(O)(O)c1ccc(Cl)cc1. The average Bonchev–Trinajstić information content (AvgIpc) is 2.28. The van der Waals surface area contributed by atoms with Gasteiger partial charge in [0.1, 0.15) is 4.75 Å². The molecule has 0 saturated heterocycles. The summed E-state index contributed by atoms with van der Waals surface area (Å²) in [7, 11) is -3.25. The summed E-state index contributed by atoms with van der Waals surface area (Å²) in [4.78, 5) is 12.0. The first kappa shape index (κ1) is 14.5. The molecule has 0 aromatic heterocycles. The number of Topliss-reactive ketones (excluding diaryl/α,β-unsaturated/α-hetero) is 1. The zero-order valence-electron chi connectivity index (χ0n) is 9.68. The van der Waals surface area contributed by atoms with Gasteiger partial charge in [0.15, 0.2) is 5.78 Å². The van der Waals surface area contributed by atoms with Crippen LogP contribution in [0.2, 0.25) is 5.02 Å². The van der Waals surface area contributed by atoms with Crippen molar-refractivity contribution in [1.82, 2.24) is 0 Å². The van der Waals surface area contributed by atoms with Crippen molar-refractivity contribution in [2.24, 2.45) is 5.73 Å². The Hall–Kier alpha value is -0.590. The van der Waals surface area contributed by atoms with Crippen LogP contribution in [-0.4, -0.2) is 26.2 Å². The van der Waals surface area contributed by atoms with E-state index in [9.17, 15) is 13.9 Å². The lowest BCUT2D eigenvalue weighted by Gasteiger charge is -2.45. The van der Waals surface area contributed by atoms with Gasteiger partial charge in [-0.1, -0.05) is 11.6 Å². The van der Waals surface area contributed by atoms with Crippen LogP contribution in [0.1, 0.15) is 13.8 Å². The fourth-order valence-corrected chi connectivity index (χ4v) is 2.96. The zero-order valence-corrected chi connectivity index (χ0v) is 11.3. The molecule has 0 heterocycles. The minimum atomic E-state index is -3.25. The van der Waals surface area contributed by atoms with Gasteiger partial charge in [-0.25, -0.2) is 0 Å². The molecule has 0 spiro atoms. The summed E-state index contributed by atoms with van der Waals surface area (Å²) in [6.07, 6.45) is 0. The van der Waals surface area contributed by atoms with Gasteiger partial charge in [0, 0.05) is 5.02 Å². The number of carbonyl (C=O) groups excluding carboxylic acids is 1. The van der Waals surface area contributed by atoms with Crippen LogP contribution in [0.5, 0.6) is 0 Å². The summed E-state index contributed by atoms with van der Waals surface area (Å²) < 4.78 is 19.1. The summed E-state index contributed by atoms with van der Waals surface area (Å²) in [6, 6.07) is 6.11. The van der Waals surface area contributed by atoms with Crippen molar-refractivity contribution in [2.75, 3.05) is 6.54 Å². The van der Waals surface area contributed by atoms with E-state index in [0.717, 1.165) is 0 Å². The van der Waals surface area contributed by atoms with Crippen LogP contribution in [0.25, 0.3) is 0 Å². The minimum absolute atomic E-state index is 0.226. The number of hydrogen-bond acceptors (Lipinski definition) is 4. The number of nitrogens with two attached hydrogens (primary N) is 1. The molecule has 6 heteroatoms. The standard InChI is InChI=1S/C11H16ClNO3S/c1-11(2,10(14)7-13)17(15,16)9-5-3-8(12)4-6-9/h3-6,15-16H,7,13H2,1-2H3. The Kier molecular flexibility index (Phi) is 4.22. The third kappa shape index (κ3) is 2.64. The molecule has 1 rings (SSSR count). The Labute approximate surface area is 107 Å². The normalized spacial score (nSPS) is 13.5. The smallest absolute Gasteiger partial charge is 0.171 e. The van der Waals surface area contributed by atoms with Crippen molar-refractivity contribution < 1.29 is 13.9 Å². The van der Waals surface area contributed by atoms with Crippen LogP contribution in [0.3, 0.4) is 0 Å². The molecule has 1 aromatic carbocycles. The maximum atomic E-state index is 11.7. The van der Waals surface area contributed by atoms with Gasteiger partial charge < -0.3 is 5.73 Å². The molecule has 0 saturated carbocycles. The number of hydrogen-bond donors (Lipinski definition) is 3. The fourth-order valence-electron chi connectivity index (χ4n) is 1.32. The van der Waals surface area contributed by atoms with E-state index in [4.69, 9.17) is 17.3 Å². The second kappa shape index (κ2) is 4.96. The third-order valence-electron chi connectivity index (χ3n) is 2.71. The van der Waals surface area contributed by atoms with Crippen molar-refractivity contribution in [3.63, 3.8) is 0 Å². The van der Waals surface area contributed by atoms with Crippen LogP contribution >= 0.6 is 22.2 Å². The lowest BCUT2D eigenvalue weighted by molar-refractivity contribution is -0.119. The van der Waals surface area contributed by atoms with E-state index in [1.807, 2.05) is 0 Å². The molecule has 96 valence electrons. The highest BCUT2D eigenvalue weighted by Gasteiger charge is 2.41. The van der Waals surface area contributed by atoms with Crippen molar-refractivity contribution in [3.8, 4) is 0 Å².